The summed E-state index contributed by atoms with van der Waals surface area (Å²) < 4.78 is 24.8. The van der Waals surface area contributed by atoms with Crippen molar-refractivity contribution in [3.63, 3.8) is 0 Å². The third kappa shape index (κ3) is 6.88. The van der Waals surface area contributed by atoms with Gasteiger partial charge in [0.2, 0.25) is 0 Å². The lowest BCUT2D eigenvalue weighted by molar-refractivity contribution is -0.146. The minimum atomic E-state index is -1.39. The van der Waals surface area contributed by atoms with Gasteiger partial charge in [0.25, 0.3) is 0 Å². The molecule has 0 heterocycles. The molecule has 6 nitrogen and oxygen atoms in total. The fourth-order valence-electron chi connectivity index (χ4n) is 2.84. The molecule has 0 aliphatic heterocycles. The minimum absolute atomic E-state index is 0.131. The molecule has 0 aliphatic rings. The molecular weight excluding hydrogens is 401 g/mol. The van der Waals surface area contributed by atoms with Gasteiger partial charge in [-0.25, -0.2) is 9.18 Å². The summed E-state index contributed by atoms with van der Waals surface area (Å²) in [6.07, 6.45) is -0.797. The molecule has 0 radical (unpaired) electrons. The SMILES string of the molecule is COc1ccc(OCc2c(Cl)cc(F)cc2[C@H](C)NCCC[C@@H](O)C(=O)O)cc1. The highest BCUT2D eigenvalue weighted by atomic mass is 35.5. The summed E-state index contributed by atoms with van der Waals surface area (Å²) in [5.41, 5.74) is 1.32. The van der Waals surface area contributed by atoms with E-state index in [2.05, 4.69) is 5.32 Å². The fraction of sp³-hybridized carbons (Fsp3) is 0.381. The van der Waals surface area contributed by atoms with E-state index in [9.17, 15) is 14.3 Å². The summed E-state index contributed by atoms with van der Waals surface area (Å²) in [5, 5.41) is 21.5. The zero-order chi connectivity index (χ0) is 21.4. The second-order valence-electron chi connectivity index (χ2n) is 6.59. The molecule has 158 valence electrons. The number of carboxylic acids is 1. The van der Waals surface area contributed by atoms with Crippen LogP contribution in [0.3, 0.4) is 0 Å². The molecule has 0 spiro atoms. The number of benzene rings is 2. The number of aliphatic hydroxyl groups is 1. The van der Waals surface area contributed by atoms with E-state index < -0.39 is 17.9 Å². The molecule has 2 rings (SSSR count). The Balaban J connectivity index is 2.03. The Bertz CT molecular complexity index is 815. The van der Waals surface area contributed by atoms with Crippen LogP contribution in [0.1, 0.15) is 36.9 Å². The van der Waals surface area contributed by atoms with Gasteiger partial charge in [-0.05, 0) is 68.3 Å². The van der Waals surface area contributed by atoms with Crippen molar-refractivity contribution in [3.05, 3.63) is 58.4 Å². The van der Waals surface area contributed by atoms with Crippen LogP contribution in [-0.4, -0.2) is 35.9 Å². The number of nitrogens with one attached hydrogen (secondary N) is 1. The highest BCUT2D eigenvalue weighted by Gasteiger charge is 2.17. The second kappa shape index (κ2) is 11.0. The van der Waals surface area contributed by atoms with E-state index in [-0.39, 0.29) is 24.1 Å². The highest BCUT2D eigenvalue weighted by Crippen LogP contribution is 2.28. The van der Waals surface area contributed by atoms with Crippen LogP contribution in [0, 0.1) is 5.82 Å². The number of carboxylic acid groups (broad SMARTS) is 1. The lowest BCUT2D eigenvalue weighted by Gasteiger charge is -2.20. The third-order valence-electron chi connectivity index (χ3n) is 4.49. The number of aliphatic carboxylic acids is 1. The first-order valence-corrected chi connectivity index (χ1v) is 9.58. The van der Waals surface area contributed by atoms with Gasteiger partial charge < -0.3 is 25.0 Å². The average molecular weight is 426 g/mol. The first-order chi connectivity index (χ1) is 13.8. The third-order valence-corrected chi connectivity index (χ3v) is 4.83. The summed E-state index contributed by atoms with van der Waals surface area (Å²) >= 11 is 6.26. The van der Waals surface area contributed by atoms with E-state index >= 15 is 0 Å². The van der Waals surface area contributed by atoms with Crippen molar-refractivity contribution in [2.45, 2.75) is 38.5 Å². The van der Waals surface area contributed by atoms with Gasteiger partial charge in [-0.15, -0.1) is 0 Å². The van der Waals surface area contributed by atoms with Crippen LogP contribution in [-0.2, 0) is 11.4 Å². The van der Waals surface area contributed by atoms with Crippen LogP contribution in [0.5, 0.6) is 11.5 Å². The maximum Gasteiger partial charge on any atom is 0.332 e. The normalized spacial score (nSPS) is 13.0. The highest BCUT2D eigenvalue weighted by molar-refractivity contribution is 6.31. The lowest BCUT2D eigenvalue weighted by Crippen LogP contribution is -2.25. The first-order valence-electron chi connectivity index (χ1n) is 9.20. The molecule has 8 heteroatoms. The zero-order valence-electron chi connectivity index (χ0n) is 16.3. The molecule has 29 heavy (non-hydrogen) atoms. The van der Waals surface area contributed by atoms with E-state index in [4.69, 9.17) is 26.2 Å². The molecule has 0 aliphatic carbocycles. The molecular formula is C21H25ClFNO5. The Hall–Kier alpha value is -2.35. The number of hydrogen-bond donors (Lipinski definition) is 3. The van der Waals surface area contributed by atoms with Crippen LogP contribution in [0.4, 0.5) is 4.39 Å². The van der Waals surface area contributed by atoms with Gasteiger partial charge in [0.15, 0.2) is 6.10 Å². The fourth-order valence-corrected chi connectivity index (χ4v) is 3.10. The minimum Gasteiger partial charge on any atom is -0.497 e. The van der Waals surface area contributed by atoms with Gasteiger partial charge in [-0.1, -0.05) is 11.6 Å². The van der Waals surface area contributed by atoms with E-state index in [1.54, 1.807) is 31.4 Å². The van der Waals surface area contributed by atoms with Gasteiger partial charge >= 0.3 is 5.97 Å². The average Bonchev–Trinajstić information content (AvgIpc) is 2.70. The number of aliphatic hydroxyl groups excluding tert-OH is 1. The largest absolute Gasteiger partial charge is 0.497 e. The summed E-state index contributed by atoms with van der Waals surface area (Å²) in [7, 11) is 1.58. The predicted molar refractivity (Wildman–Crippen MR) is 108 cm³/mol. The summed E-state index contributed by atoms with van der Waals surface area (Å²) in [6, 6.07) is 9.49. The predicted octanol–water partition coefficient (Wildman–Crippen LogP) is 3.94. The van der Waals surface area contributed by atoms with Crippen LogP contribution in [0.2, 0.25) is 5.02 Å². The molecule has 0 saturated heterocycles. The zero-order valence-corrected chi connectivity index (χ0v) is 17.1. The van der Waals surface area contributed by atoms with Gasteiger partial charge in [-0.2, -0.15) is 0 Å². The Morgan fingerprint density at radius 1 is 1.24 bits per heavy atom. The van der Waals surface area contributed by atoms with E-state index in [1.165, 1.54) is 12.1 Å². The molecule has 0 amide bonds. The van der Waals surface area contributed by atoms with Crippen LogP contribution in [0.15, 0.2) is 36.4 Å². The molecule has 2 aromatic carbocycles. The summed E-state index contributed by atoms with van der Waals surface area (Å²) in [4.78, 5) is 10.6. The molecule has 2 atom stereocenters. The van der Waals surface area contributed by atoms with E-state index in [1.807, 2.05) is 6.92 Å². The monoisotopic (exact) mass is 425 g/mol. The van der Waals surface area contributed by atoms with Crippen LogP contribution < -0.4 is 14.8 Å². The number of halogens is 2. The molecule has 0 fully saturated rings. The molecule has 0 bridgehead atoms. The second-order valence-corrected chi connectivity index (χ2v) is 7.00. The van der Waals surface area contributed by atoms with Crippen LogP contribution >= 0.6 is 11.6 Å². The van der Waals surface area contributed by atoms with Crippen molar-refractivity contribution in [1.29, 1.82) is 0 Å². The maximum atomic E-state index is 13.9. The summed E-state index contributed by atoms with van der Waals surface area (Å²) in [6.45, 7) is 2.47. The number of hydrogen-bond acceptors (Lipinski definition) is 5. The molecule has 0 unspecified atom stereocenters. The van der Waals surface area contributed by atoms with Crippen molar-refractivity contribution in [2.75, 3.05) is 13.7 Å². The number of carbonyl (C=O) groups is 1. The quantitative estimate of drug-likeness (QED) is 0.472. The Morgan fingerprint density at radius 2 is 1.90 bits per heavy atom. The van der Waals surface area contributed by atoms with Crippen molar-refractivity contribution in [3.8, 4) is 11.5 Å². The van der Waals surface area contributed by atoms with Crippen molar-refractivity contribution >= 4 is 17.6 Å². The van der Waals surface area contributed by atoms with Gasteiger partial charge in [0.1, 0.15) is 23.9 Å². The first kappa shape index (κ1) is 22.9. The van der Waals surface area contributed by atoms with Gasteiger partial charge in [0.05, 0.1) is 12.1 Å². The topological polar surface area (TPSA) is 88.0 Å². The van der Waals surface area contributed by atoms with Crippen LogP contribution in [0.25, 0.3) is 0 Å². The van der Waals surface area contributed by atoms with Gasteiger partial charge in [-0.3, -0.25) is 0 Å². The standard InChI is InChI=1S/C21H25ClFNO5/c1-13(24-9-3-4-20(25)21(26)27)17-10-14(23)11-19(22)18(17)12-29-16-7-5-15(28-2)6-8-16/h5-8,10-11,13,20,24-25H,3-4,9,12H2,1-2H3,(H,26,27)/t13-,20+/m0/s1. The summed E-state index contributed by atoms with van der Waals surface area (Å²) in [5.74, 6) is -0.356. The molecule has 0 saturated carbocycles. The Labute approximate surface area is 174 Å². The van der Waals surface area contributed by atoms with Gasteiger partial charge in [0, 0.05) is 11.6 Å². The van der Waals surface area contributed by atoms with Crippen molar-refractivity contribution in [2.24, 2.45) is 0 Å². The smallest absolute Gasteiger partial charge is 0.332 e. The van der Waals surface area contributed by atoms with Crippen molar-refractivity contribution in [1.82, 2.24) is 5.32 Å². The number of rotatable bonds is 11. The number of methoxy groups -OCH3 is 1. The molecule has 2 aromatic rings. The Kier molecular flexibility index (Phi) is 8.70. The van der Waals surface area contributed by atoms with E-state index in [0.717, 1.165) is 0 Å². The number of ether oxygens (including phenoxy) is 2. The Morgan fingerprint density at radius 3 is 2.52 bits per heavy atom. The van der Waals surface area contributed by atoms with Crippen molar-refractivity contribution < 1.29 is 28.9 Å². The maximum absolute atomic E-state index is 13.9. The van der Waals surface area contributed by atoms with E-state index in [0.29, 0.717) is 35.6 Å². The molecule has 0 aromatic heterocycles. The lowest BCUT2D eigenvalue weighted by atomic mass is 10.0. The molecule has 3 N–H and O–H groups in total.